The zero-order valence-electron chi connectivity index (χ0n) is 17.0. The minimum atomic E-state index is -0.338. The molecule has 0 heterocycles. The van der Waals surface area contributed by atoms with Crippen molar-refractivity contribution in [2.45, 2.75) is 19.4 Å². The molecule has 3 rings (SSSR count). The van der Waals surface area contributed by atoms with E-state index in [9.17, 15) is 9.59 Å². The van der Waals surface area contributed by atoms with Crippen LogP contribution >= 0.6 is 0 Å². The fourth-order valence-electron chi connectivity index (χ4n) is 3.02. The summed E-state index contributed by atoms with van der Waals surface area (Å²) in [4.78, 5) is 24.1. The molecule has 0 aromatic heterocycles. The van der Waals surface area contributed by atoms with E-state index in [1.807, 2.05) is 48.5 Å². The third-order valence-electron chi connectivity index (χ3n) is 4.62. The van der Waals surface area contributed by atoms with Crippen molar-refractivity contribution in [2.75, 3.05) is 13.7 Å². The van der Waals surface area contributed by atoms with Gasteiger partial charge in [-0.25, -0.2) is 4.79 Å². The minimum Gasteiger partial charge on any atom is -0.489 e. The van der Waals surface area contributed by atoms with Crippen molar-refractivity contribution in [3.63, 3.8) is 0 Å². The quantitative estimate of drug-likeness (QED) is 0.424. The van der Waals surface area contributed by atoms with Crippen LogP contribution in [0.15, 0.2) is 78.9 Å². The highest BCUT2D eigenvalue weighted by atomic mass is 16.5. The average Bonchev–Trinajstić information content (AvgIpc) is 2.81. The first kappa shape index (κ1) is 21.1. The molecule has 154 valence electrons. The Hall–Kier alpha value is -3.60. The van der Waals surface area contributed by atoms with Gasteiger partial charge in [-0.15, -0.1) is 0 Å². The topological polar surface area (TPSA) is 64.6 Å². The molecule has 0 aliphatic heterocycles. The SMILES string of the molecule is CNC(=O)c1ccc(OCc2ccccc2)c(CCCOC(=O)c2ccccc2)c1. The van der Waals surface area contributed by atoms with Crippen molar-refractivity contribution in [1.82, 2.24) is 5.32 Å². The Morgan fingerprint density at radius 3 is 2.27 bits per heavy atom. The predicted octanol–water partition coefficient (Wildman–Crippen LogP) is 4.41. The van der Waals surface area contributed by atoms with Gasteiger partial charge in [0.25, 0.3) is 5.91 Å². The van der Waals surface area contributed by atoms with Gasteiger partial charge < -0.3 is 14.8 Å². The van der Waals surface area contributed by atoms with E-state index in [1.165, 1.54) is 0 Å². The van der Waals surface area contributed by atoms with Crippen LogP contribution in [-0.2, 0) is 17.8 Å². The van der Waals surface area contributed by atoms with Crippen molar-refractivity contribution >= 4 is 11.9 Å². The van der Waals surface area contributed by atoms with Crippen molar-refractivity contribution in [3.8, 4) is 5.75 Å². The van der Waals surface area contributed by atoms with E-state index >= 15 is 0 Å². The molecule has 0 bridgehead atoms. The highest BCUT2D eigenvalue weighted by molar-refractivity contribution is 5.94. The lowest BCUT2D eigenvalue weighted by Crippen LogP contribution is -2.18. The van der Waals surface area contributed by atoms with Crippen LogP contribution in [0.2, 0.25) is 0 Å². The van der Waals surface area contributed by atoms with Gasteiger partial charge in [-0.2, -0.15) is 0 Å². The van der Waals surface area contributed by atoms with Gasteiger partial charge >= 0.3 is 5.97 Å². The fourth-order valence-corrected chi connectivity index (χ4v) is 3.02. The number of benzene rings is 3. The molecular weight excluding hydrogens is 378 g/mol. The van der Waals surface area contributed by atoms with Crippen LogP contribution in [0.4, 0.5) is 0 Å². The lowest BCUT2D eigenvalue weighted by atomic mass is 10.0. The Morgan fingerprint density at radius 2 is 1.57 bits per heavy atom. The van der Waals surface area contributed by atoms with Crippen LogP contribution in [0.1, 0.15) is 38.3 Å². The lowest BCUT2D eigenvalue weighted by Gasteiger charge is -2.13. The number of rotatable bonds is 9. The summed E-state index contributed by atoms with van der Waals surface area (Å²) in [6.07, 6.45) is 1.24. The van der Waals surface area contributed by atoms with Gasteiger partial charge in [-0.3, -0.25) is 4.79 Å². The van der Waals surface area contributed by atoms with Gasteiger partial charge in [0.15, 0.2) is 0 Å². The molecule has 0 radical (unpaired) electrons. The Morgan fingerprint density at radius 1 is 0.867 bits per heavy atom. The van der Waals surface area contributed by atoms with E-state index in [4.69, 9.17) is 9.47 Å². The fraction of sp³-hybridized carbons (Fsp3) is 0.200. The molecule has 0 fully saturated rings. The molecule has 5 heteroatoms. The number of hydrogen-bond donors (Lipinski definition) is 1. The van der Waals surface area contributed by atoms with E-state index in [1.54, 1.807) is 37.4 Å². The second-order valence-corrected chi connectivity index (χ2v) is 6.78. The van der Waals surface area contributed by atoms with E-state index in [0.717, 1.165) is 16.9 Å². The standard InChI is InChI=1S/C25H25NO4/c1-26-24(27)22-14-15-23(30-18-19-9-4-2-5-10-19)21(17-22)13-8-16-29-25(28)20-11-6-3-7-12-20/h2-7,9-12,14-15,17H,8,13,16,18H2,1H3,(H,26,27). The summed E-state index contributed by atoms with van der Waals surface area (Å²) in [5.74, 6) is 0.234. The van der Waals surface area contributed by atoms with Gasteiger partial charge in [0, 0.05) is 12.6 Å². The molecule has 0 spiro atoms. The first-order valence-corrected chi connectivity index (χ1v) is 9.91. The maximum absolute atomic E-state index is 12.1. The molecule has 0 aliphatic rings. The first-order chi connectivity index (χ1) is 14.7. The summed E-state index contributed by atoms with van der Waals surface area (Å²) in [6, 6.07) is 24.2. The molecule has 0 atom stereocenters. The number of hydrogen-bond acceptors (Lipinski definition) is 4. The second-order valence-electron chi connectivity index (χ2n) is 6.78. The van der Waals surface area contributed by atoms with Crippen LogP contribution < -0.4 is 10.1 Å². The summed E-state index contributed by atoms with van der Waals surface area (Å²) >= 11 is 0. The van der Waals surface area contributed by atoms with Crippen molar-refractivity contribution in [3.05, 3.63) is 101 Å². The first-order valence-electron chi connectivity index (χ1n) is 9.91. The largest absolute Gasteiger partial charge is 0.489 e. The van der Waals surface area contributed by atoms with Gasteiger partial charge in [0.2, 0.25) is 0 Å². The Bertz CT molecular complexity index is 971. The summed E-state index contributed by atoms with van der Waals surface area (Å²) in [5.41, 5.74) is 3.07. The molecule has 3 aromatic carbocycles. The lowest BCUT2D eigenvalue weighted by molar-refractivity contribution is 0.0500. The summed E-state index contributed by atoms with van der Waals surface area (Å²) < 4.78 is 11.4. The number of nitrogens with one attached hydrogen (secondary N) is 1. The minimum absolute atomic E-state index is 0.152. The van der Waals surface area contributed by atoms with Crippen LogP contribution in [-0.4, -0.2) is 25.5 Å². The number of esters is 1. The van der Waals surface area contributed by atoms with Crippen LogP contribution in [0, 0.1) is 0 Å². The van der Waals surface area contributed by atoms with Crippen molar-refractivity contribution in [1.29, 1.82) is 0 Å². The average molecular weight is 403 g/mol. The number of carbonyl (C=O) groups is 2. The molecule has 1 N–H and O–H groups in total. The summed E-state index contributed by atoms with van der Waals surface area (Å²) in [5, 5.41) is 2.64. The van der Waals surface area contributed by atoms with Crippen molar-refractivity contribution in [2.24, 2.45) is 0 Å². The predicted molar refractivity (Wildman–Crippen MR) is 116 cm³/mol. The Kier molecular flexibility index (Phi) is 7.61. The highest BCUT2D eigenvalue weighted by Crippen LogP contribution is 2.23. The number of carbonyl (C=O) groups excluding carboxylic acids is 2. The maximum Gasteiger partial charge on any atom is 0.338 e. The molecule has 1 amide bonds. The number of amides is 1. The molecule has 3 aromatic rings. The van der Waals surface area contributed by atoms with E-state index in [-0.39, 0.29) is 18.5 Å². The molecule has 0 aliphatic carbocycles. The van der Waals surface area contributed by atoms with E-state index < -0.39 is 0 Å². The number of aryl methyl sites for hydroxylation is 1. The zero-order chi connectivity index (χ0) is 21.2. The zero-order valence-corrected chi connectivity index (χ0v) is 17.0. The van der Waals surface area contributed by atoms with Crippen LogP contribution in [0.3, 0.4) is 0 Å². The van der Waals surface area contributed by atoms with Gasteiger partial charge in [-0.05, 0) is 54.3 Å². The third-order valence-corrected chi connectivity index (χ3v) is 4.62. The summed E-state index contributed by atoms with van der Waals surface area (Å²) in [7, 11) is 1.60. The molecule has 5 nitrogen and oxygen atoms in total. The van der Waals surface area contributed by atoms with Crippen molar-refractivity contribution < 1.29 is 19.1 Å². The van der Waals surface area contributed by atoms with Crippen LogP contribution in [0.5, 0.6) is 5.75 Å². The number of ether oxygens (including phenoxy) is 2. The Labute approximate surface area is 176 Å². The Balaban J connectivity index is 1.62. The molecule has 0 unspecified atom stereocenters. The summed E-state index contributed by atoms with van der Waals surface area (Å²) in [6.45, 7) is 0.728. The van der Waals surface area contributed by atoms with E-state index in [0.29, 0.717) is 30.6 Å². The monoisotopic (exact) mass is 403 g/mol. The molecule has 0 saturated carbocycles. The maximum atomic E-state index is 12.1. The molecule has 30 heavy (non-hydrogen) atoms. The normalized spacial score (nSPS) is 10.3. The smallest absolute Gasteiger partial charge is 0.338 e. The van der Waals surface area contributed by atoms with Gasteiger partial charge in [0.05, 0.1) is 12.2 Å². The van der Waals surface area contributed by atoms with Gasteiger partial charge in [0.1, 0.15) is 12.4 Å². The highest BCUT2D eigenvalue weighted by Gasteiger charge is 2.11. The van der Waals surface area contributed by atoms with Gasteiger partial charge in [-0.1, -0.05) is 48.5 Å². The molecule has 0 saturated heterocycles. The third kappa shape index (κ3) is 5.95. The molecular formula is C25H25NO4. The van der Waals surface area contributed by atoms with Crippen LogP contribution in [0.25, 0.3) is 0 Å². The second kappa shape index (κ2) is 10.8. The van der Waals surface area contributed by atoms with E-state index in [2.05, 4.69) is 5.32 Å².